The second kappa shape index (κ2) is 15.5. The maximum absolute atomic E-state index is 13.5. The SMILES string of the molecule is CCS[C@@H]1O[C@H](COCc2ccccc2)[C@@H](OCc2ccccc2)[C@H](O[Si](C)(C)C(C)(C)C)[C@H]1OC(=O)c1ccccc1. The van der Waals surface area contributed by atoms with Crippen molar-refractivity contribution in [2.24, 2.45) is 0 Å². The van der Waals surface area contributed by atoms with Gasteiger partial charge in [-0.15, -0.1) is 11.8 Å². The zero-order valence-electron chi connectivity index (χ0n) is 26.2. The largest absolute Gasteiger partial charge is 0.452 e. The molecular formula is C35H46O6SSi. The van der Waals surface area contributed by atoms with E-state index in [2.05, 4.69) is 40.8 Å². The first-order chi connectivity index (χ1) is 20.6. The predicted molar refractivity (Wildman–Crippen MR) is 176 cm³/mol. The fourth-order valence-corrected chi connectivity index (χ4v) is 6.94. The molecule has 0 unspecified atom stereocenters. The summed E-state index contributed by atoms with van der Waals surface area (Å²) in [5, 5.41) is -0.0734. The van der Waals surface area contributed by atoms with Gasteiger partial charge in [0.25, 0.3) is 0 Å². The lowest BCUT2D eigenvalue weighted by Crippen LogP contribution is -2.63. The molecule has 0 amide bonds. The number of carbonyl (C=O) groups excluding carboxylic acids is 1. The number of benzene rings is 3. The first-order valence-corrected chi connectivity index (χ1v) is 19.0. The minimum Gasteiger partial charge on any atom is -0.452 e. The monoisotopic (exact) mass is 622 g/mol. The standard InChI is InChI=1S/C35H46O6SSi/c1-7-42-34-32(40-33(36)28-21-15-10-16-22-28)31(41-43(5,6)35(2,3)4)30(38-24-27-19-13-9-14-20-27)29(39-34)25-37-23-26-17-11-8-12-18-26/h8-22,29-32,34H,7,23-25H2,1-6H3/t29-,30-,31+,32-,34+/m1/s1. The molecule has 43 heavy (non-hydrogen) atoms. The highest BCUT2D eigenvalue weighted by atomic mass is 32.2. The summed E-state index contributed by atoms with van der Waals surface area (Å²) in [5.41, 5.74) is 2.17. The quantitative estimate of drug-likeness (QED) is 0.142. The number of hydrogen-bond donors (Lipinski definition) is 0. The van der Waals surface area contributed by atoms with E-state index >= 15 is 0 Å². The van der Waals surface area contributed by atoms with Crippen molar-refractivity contribution in [3.63, 3.8) is 0 Å². The second-order valence-corrected chi connectivity index (χ2v) is 18.5. The van der Waals surface area contributed by atoms with Crippen LogP contribution in [-0.2, 0) is 36.6 Å². The van der Waals surface area contributed by atoms with Gasteiger partial charge in [-0.1, -0.05) is 107 Å². The average Bonchev–Trinajstić information content (AvgIpc) is 2.99. The van der Waals surface area contributed by atoms with Crippen LogP contribution in [0.25, 0.3) is 0 Å². The molecule has 8 heteroatoms. The van der Waals surface area contributed by atoms with Crippen LogP contribution in [0.5, 0.6) is 0 Å². The molecule has 0 aliphatic carbocycles. The van der Waals surface area contributed by atoms with E-state index in [1.54, 1.807) is 23.9 Å². The summed E-state index contributed by atoms with van der Waals surface area (Å²) in [4.78, 5) is 13.5. The summed E-state index contributed by atoms with van der Waals surface area (Å²) in [5.74, 6) is 0.379. The Morgan fingerprint density at radius 3 is 1.93 bits per heavy atom. The topological polar surface area (TPSA) is 63.2 Å². The van der Waals surface area contributed by atoms with Crippen LogP contribution in [0.2, 0.25) is 18.1 Å². The Balaban J connectivity index is 1.68. The number of rotatable bonds is 13. The zero-order chi connectivity index (χ0) is 30.9. The normalized spacial score (nSPS) is 22.7. The highest BCUT2D eigenvalue weighted by Gasteiger charge is 2.53. The highest BCUT2D eigenvalue weighted by molar-refractivity contribution is 7.99. The average molecular weight is 623 g/mol. The summed E-state index contributed by atoms with van der Waals surface area (Å²) in [6, 6.07) is 29.2. The van der Waals surface area contributed by atoms with Gasteiger partial charge in [-0.05, 0) is 47.1 Å². The van der Waals surface area contributed by atoms with Gasteiger partial charge in [0, 0.05) is 0 Å². The van der Waals surface area contributed by atoms with Crippen LogP contribution in [0.3, 0.4) is 0 Å². The molecule has 1 saturated heterocycles. The van der Waals surface area contributed by atoms with Gasteiger partial charge in [0.1, 0.15) is 23.7 Å². The van der Waals surface area contributed by atoms with Gasteiger partial charge >= 0.3 is 5.97 Å². The summed E-state index contributed by atoms with van der Waals surface area (Å²) in [7, 11) is -2.36. The van der Waals surface area contributed by atoms with Crippen LogP contribution in [0, 0.1) is 0 Å². The van der Waals surface area contributed by atoms with E-state index in [0.29, 0.717) is 25.4 Å². The van der Waals surface area contributed by atoms with E-state index in [1.807, 2.05) is 78.9 Å². The third-order valence-electron chi connectivity index (χ3n) is 8.09. The molecule has 1 aliphatic heterocycles. The highest BCUT2D eigenvalue weighted by Crippen LogP contribution is 2.42. The number of esters is 1. The molecule has 1 heterocycles. The third-order valence-corrected chi connectivity index (χ3v) is 13.6. The van der Waals surface area contributed by atoms with Gasteiger partial charge in [-0.3, -0.25) is 0 Å². The number of carbonyl (C=O) groups is 1. The van der Waals surface area contributed by atoms with Crippen molar-refractivity contribution < 1.29 is 28.2 Å². The Labute approximate surface area is 262 Å². The Kier molecular flexibility index (Phi) is 12.1. The van der Waals surface area contributed by atoms with Crippen LogP contribution in [0.4, 0.5) is 0 Å². The maximum atomic E-state index is 13.5. The van der Waals surface area contributed by atoms with E-state index in [9.17, 15) is 4.79 Å². The summed E-state index contributed by atoms with van der Waals surface area (Å²) in [6.45, 7) is 14.3. The zero-order valence-corrected chi connectivity index (χ0v) is 28.0. The first kappa shape index (κ1) is 33.4. The van der Waals surface area contributed by atoms with Crippen molar-refractivity contribution in [2.75, 3.05) is 12.4 Å². The number of thioether (sulfide) groups is 1. The molecule has 4 rings (SSSR count). The minimum absolute atomic E-state index is 0.0734. The Morgan fingerprint density at radius 2 is 1.37 bits per heavy atom. The molecule has 1 aliphatic rings. The van der Waals surface area contributed by atoms with Gasteiger partial charge in [0.2, 0.25) is 0 Å². The van der Waals surface area contributed by atoms with Crippen molar-refractivity contribution >= 4 is 26.0 Å². The molecule has 3 aromatic carbocycles. The molecule has 0 spiro atoms. The minimum atomic E-state index is -2.36. The molecule has 0 radical (unpaired) electrons. The van der Waals surface area contributed by atoms with E-state index < -0.39 is 44.1 Å². The van der Waals surface area contributed by atoms with E-state index in [1.165, 1.54) is 0 Å². The number of hydrogen-bond acceptors (Lipinski definition) is 7. The molecule has 232 valence electrons. The summed E-state index contributed by atoms with van der Waals surface area (Å²) in [6.07, 6.45) is -2.20. The van der Waals surface area contributed by atoms with Gasteiger partial charge in [0.15, 0.2) is 14.4 Å². The van der Waals surface area contributed by atoms with Crippen LogP contribution in [-0.4, -0.2) is 56.5 Å². The van der Waals surface area contributed by atoms with Crippen molar-refractivity contribution in [3.8, 4) is 0 Å². The molecule has 0 N–H and O–H groups in total. The maximum Gasteiger partial charge on any atom is 0.338 e. The lowest BCUT2D eigenvalue weighted by Gasteiger charge is -2.49. The molecule has 3 aromatic rings. The smallest absolute Gasteiger partial charge is 0.338 e. The van der Waals surface area contributed by atoms with Gasteiger partial charge in [-0.25, -0.2) is 4.79 Å². The molecule has 1 fully saturated rings. The van der Waals surface area contributed by atoms with Gasteiger partial charge < -0.3 is 23.4 Å². The van der Waals surface area contributed by atoms with Gasteiger partial charge in [0.05, 0.1) is 25.4 Å². The van der Waals surface area contributed by atoms with Crippen molar-refractivity contribution in [3.05, 3.63) is 108 Å². The second-order valence-electron chi connectivity index (χ2n) is 12.3. The van der Waals surface area contributed by atoms with Crippen LogP contribution in [0.1, 0.15) is 49.2 Å². The molecule has 0 saturated carbocycles. The Hall–Kier alpha value is -2.46. The fraction of sp³-hybridized carbons (Fsp3) is 0.457. The molecule has 0 aromatic heterocycles. The lowest BCUT2D eigenvalue weighted by molar-refractivity contribution is -0.224. The van der Waals surface area contributed by atoms with Crippen LogP contribution >= 0.6 is 11.8 Å². The van der Waals surface area contributed by atoms with E-state index in [4.69, 9.17) is 23.4 Å². The first-order valence-electron chi connectivity index (χ1n) is 15.1. The predicted octanol–water partition coefficient (Wildman–Crippen LogP) is 7.88. The lowest BCUT2D eigenvalue weighted by atomic mass is 9.99. The summed E-state index contributed by atoms with van der Waals surface area (Å²) < 4.78 is 33.1. The van der Waals surface area contributed by atoms with E-state index in [0.717, 1.165) is 16.9 Å². The Morgan fingerprint density at radius 1 is 0.814 bits per heavy atom. The van der Waals surface area contributed by atoms with E-state index in [-0.39, 0.29) is 5.04 Å². The third kappa shape index (κ3) is 9.27. The van der Waals surface area contributed by atoms with Crippen molar-refractivity contribution in [1.29, 1.82) is 0 Å². The fourth-order valence-electron chi connectivity index (χ4n) is 4.69. The van der Waals surface area contributed by atoms with Crippen molar-refractivity contribution in [1.82, 2.24) is 0 Å². The Bertz CT molecular complexity index is 1250. The molecule has 6 nitrogen and oxygen atoms in total. The molecular weight excluding hydrogens is 577 g/mol. The molecule has 5 atom stereocenters. The van der Waals surface area contributed by atoms with Crippen LogP contribution in [0.15, 0.2) is 91.0 Å². The summed E-state index contributed by atoms with van der Waals surface area (Å²) >= 11 is 1.61. The number of ether oxygens (including phenoxy) is 4. The van der Waals surface area contributed by atoms with Crippen LogP contribution < -0.4 is 0 Å². The van der Waals surface area contributed by atoms with Gasteiger partial charge in [-0.2, -0.15) is 0 Å². The van der Waals surface area contributed by atoms with Crippen molar-refractivity contribution in [2.45, 2.75) is 88.9 Å². The molecule has 0 bridgehead atoms.